The van der Waals surface area contributed by atoms with Gasteiger partial charge in [0.15, 0.2) is 0 Å². The SMILES string of the molecule is CCCN(CCC)CCCN(CCCN(CCC)CCC)C[Si](C)(OCC)OCC. The van der Waals surface area contributed by atoms with Crippen LogP contribution < -0.4 is 0 Å². The van der Waals surface area contributed by atoms with E-state index in [2.05, 4.69) is 62.8 Å². The standard InChI is InChI=1S/C24H55N3O2Si/c1-8-16-25(17-9-2)20-14-22-27(24-30(7,28-12-5)29-13-6)23-15-21-26(18-10-3)19-11-4/h8-24H2,1-7H3. The third-order valence-electron chi connectivity index (χ3n) is 5.47. The van der Waals surface area contributed by atoms with Gasteiger partial charge in [-0.05, 0) is 111 Å². The monoisotopic (exact) mass is 445 g/mol. The molecule has 0 amide bonds. The highest BCUT2D eigenvalue weighted by Gasteiger charge is 2.33. The van der Waals surface area contributed by atoms with Crippen molar-refractivity contribution in [2.75, 3.05) is 71.7 Å². The predicted molar refractivity (Wildman–Crippen MR) is 135 cm³/mol. The zero-order valence-corrected chi connectivity index (χ0v) is 22.7. The molecule has 0 saturated carbocycles. The largest absolute Gasteiger partial charge is 0.394 e. The Labute approximate surface area is 190 Å². The molecule has 0 fully saturated rings. The Balaban J connectivity index is 4.84. The molecule has 0 bridgehead atoms. The van der Waals surface area contributed by atoms with E-state index in [9.17, 15) is 0 Å². The minimum atomic E-state index is -2.13. The van der Waals surface area contributed by atoms with Gasteiger partial charge in [0.25, 0.3) is 0 Å². The molecule has 0 aromatic carbocycles. The second kappa shape index (κ2) is 19.7. The van der Waals surface area contributed by atoms with Gasteiger partial charge in [0.2, 0.25) is 0 Å². The van der Waals surface area contributed by atoms with E-state index >= 15 is 0 Å². The van der Waals surface area contributed by atoms with Crippen LogP contribution in [0.2, 0.25) is 6.55 Å². The molecule has 0 unspecified atom stereocenters. The number of hydrogen-bond acceptors (Lipinski definition) is 5. The minimum Gasteiger partial charge on any atom is -0.394 e. The molecule has 0 aliphatic rings. The lowest BCUT2D eigenvalue weighted by molar-refractivity contribution is 0.157. The van der Waals surface area contributed by atoms with Gasteiger partial charge in [0.1, 0.15) is 0 Å². The van der Waals surface area contributed by atoms with Crippen LogP contribution in [0, 0.1) is 0 Å². The summed E-state index contributed by atoms with van der Waals surface area (Å²) < 4.78 is 12.3. The lowest BCUT2D eigenvalue weighted by atomic mass is 10.2. The minimum absolute atomic E-state index is 0.748. The highest BCUT2D eigenvalue weighted by Crippen LogP contribution is 2.12. The first-order chi connectivity index (χ1) is 14.5. The summed E-state index contributed by atoms with van der Waals surface area (Å²) in [7, 11) is -2.13. The molecule has 0 aromatic rings. The van der Waals surface area contributed by atoms with Gasteiger partial charge in [0, 0.05) is 19.4 Å². The Morgan fingerprint density at radius 2 is 0.833 bits per heavy atom. The van der Waals surface area contributed by atoms with E-state index in [-0.39, 0.29) is 0 Å². The van der Waals surface area contributed by atoms with Crippen LogP contribution in [0.4, 0.5) is 0 Å². The van der Waals surface area contributed by atoms with Gasteiger partial charge >= 0.3 is 8.56 Å². The topological polar surface area (TPSA) is 28.2 Å². The van der Waals surface area contributed by atoms with Crippen molar-refractivity contribution in [1.82, 2.24) is 14.7 Å². The smallest absolute Gasteiger partial charge is 0.349 e. The van der Waals surface area contributed by atoms with Gasteiger partial charge in [-0.1, -0.05) is 27.7 Å². The maximum Gasteiger partial charge on any atom is 0.349 e. The second-order valence-electron chi connectivity index (χ2n) is 8.67. The normalized spacial score (nSPS) is 12.6. The Kier molecular flexibility index (Phi) is 19.7. The van der Waals surface area contributed by atoms with Crippen LogP contribution in [0.15, 0.2) is 0 Å². The average molecular weight is 446 g/mol. The number of hydrogen-bond donors (Lipinski definition) is 0. The first-order valence-corrected chi connectivity index (χ1v) is 15.5. The first kappa shape index (κ1) is 30.0. The van der Waals surface area contributed by atoms with Gasteiger partial charge in [0.05, 0.1) is 0 Å². The molecule has 0 aliphatic heterocycles. The third-order valence-corrected chi connectivity index (χ3v) is 8.29. The molecule has 0 saturated heterocycles. The van der Waals surface area contributed by atoms with E-state index in [0.29, 0.717) is 0 Å². The van der Waals surface area contributed by atoms with E-state index in [1.165, 1.54) is 77.8 Å². The molecular weight excluding hydrogens is 390 g/mol. The summed E-state index contributed by atoms with van der Waals surface area (Å²) in [6.07, 6.45) is 8.43. The summed E-state index contributed by atoms with van der Waals surface area (Å²) in [4.78, 5) is 7.90. The molecule has 5 nitrogen and oxygen atoms in total. The van der Waals surface area contributed by atoms with E-state index in [4.69, 9.17) is 8.85 Å². The van der Waals surface area contributed by atoms with E-state index in [1.807, 2.05) is 0 Å². The Hall–Kier alpha value is 0.0169. The first-order valence-electron chi connectivity index (χ1n) is 12.9. The Morgan fingerprint density at radius 3 is 1.13 bits per heavy atom. The summed E-state index contributed by atoms with van der Waals surface area (Å²) in [6.45, 7) is 26.7. The van der Waals surface area contributed by atoms with Gasteiger partial charge in [-0.25, -0.2) is 0 Å². The molecule has 0 radical (unpaired) electrons. The average Bonchev–Trinajstić information content (AvgIpc) is 2.68. The molecule has 0 heterocycles. The highest BCUT2D eigenvalue weighted by molar-refractivity contribution is 6.66. The zero-order valence-electron chi connectivity index (χ0n) is 21.7. The molecule has 0 spiro atoms. The van der Waals surface area contributed by atoms with Crippen LogP contribution in [-0.4, -0.2) is 95.0 Å². The van der Waals surface area contributed by atoms with Crippen LogP contribution in [0.25, 0.3) is 0 Å². The van der Waals surface area contributed by atoms with Crippen LogP contribution in [-0.2, 0) is 8.85 Å². The lowest BCUT2D eigenvalue weighted by Crippen LogP contribution is -2.51. The predicted octanol–water partition coefficient (Wildman–Crippen LogP) is 5.00. The zero-order chi connectivity index (χ0) is 22.7. The van der Waals surface area contributed by atoms with E-state index < -0.39 is 8.56 Å². The summed E-state index contributed by atoms with van der Waals surface area (Å²) >= 11 is 0. The summed E-state index contributed by atoms with van der Waals surface area (Å²) in [5, 5.41) is 0. The second-order valence-corrected chi connectivity index (χ2v) is 11.8. The van der Waals surface area contributed by atoms with Crippen LogP contribution in [0.5, 0.6) is 0 Å². The van der Waals surface area contributed by atoms with Crippen LogP contribution in [0.1, 0.15) is 80.1 Å². The molecule has 0 aliphatic carbocycles. The van der Waals surface area contributed by atoms with Crippen molar-refractivity contribution < 1.29 is 8.85 Å². The van der Waals surface area contributed by atoms with Crippen molar-refractivity contribution in [3.8, 4) is 0 Å². The van der Waals surface area contributed by atoms with Crippen LogP contribution >= 0.6 is 0 Å². The van der Waals surface area contributed by atoms with Gasteiger partial charge in [-0.3, -0.25) is 0 Å². The highest BCUT2D eigenvalue weighted by atomic mass is 28.4. The van der Waals surface area contributed by atoms with Crippen molar-refractivity contribution in [3.63, 3.8) is 0 Å². The molecule has 6 heteroatoms. The van der Waals surface area contributed by atoms with Gasteiger partial charge in [-0.2, -0.15) is 0 Å². The van der Waals surface area contributed by atoms with Crippen LogP contribution in [0.3, 0.4) is 0 Å². The van der Waals surface area contributed by atoms with Gasteiger partial charge < -0.3 is 23.6 Å². The maximum atomic E-state index is 6.16. The fraction of sp³-hybridized carbons (Fsp3) is 1.00. The molecule has 30 heavy (non-hydrogen) atoms. The molecule has 0 aromatic heterocycles. The third kappa shape index (κ3) is 14.9. The fourth-order valence-electron chi connectivity index (χ4n) is 4.39. The summed E-state index contributed by atoms with van der Waals surface area (Å²) in [6, 6.07) is 0. The number of nitrogens with zero attached hydrogens (tertiary/aromatic N) is 3. The Morgan fingerprint density at radius 1 is 0.500 bits per heavy atom. The Bertz CT molecular complexity index is 334. The molecule has 0 rings (SSSR count). The molecule has 0 N–H and O–H groups in total. The maximum absolute atomic E-state index is 6.16. The van der Waals surface area contributed by atoms with Crippen molar-refractivity contribution in [2.24, 2.45) is 0 Å². The molecular formula is C24H55N3O2Si. The van der Waals surface area contributed by atoms with Crippen molar-refractivity contribution in [2.45, 2.75) is 86.6 Å². The quantitative estimate of drug-likeness (QED) is 0.219. The number of rotatable bonds is 22. The fourth-order valence-corrected chi connectivity index (χ4v) is 7.01. The van der Waals surface area contributed by atoms with Crippen molar-refractivity contribution in [3.05, 3.63) is 0 Å². The van der Waals surface area contributed by atoms with E-state index in [0.717, 1.165) is 32.5 Å². The summed E-state index contributed by atoms with van der Waals surface area (Å²) in [5.41, 5.74) is 0. The summed E-state index contributed by atoms with van der Waals surface area (Å²) in [5.74, 6) is 0. The molecule has 0 atom stereocenters. The van der Waals surface area contributed by atoms with Crippen molar-refractivity contribution in [1.29, 1.82) is 0 Å². The van der Waals surface area contributed by atoms with Crippen molar-refractivity contribution >= 4 is 8.56 Å². The van der Waals surface area contributed by atoms with Gasteiger partial charge in [-0.15, -0.1) is 0 Å². The van der Waals surface area contributed by atoms with E-state index in [1.54, 1.807) is 0 Å². The molecule has 182 valence electrons. The lowest BCUT2D eigenvalue weighted by Gasteiger charge is -2.33.